The maximum absolute atomic E-state index is 11.8. The molecule has 0 aliphatic rings. The number of rotatable bonds is 7. The molecule has 0 spiro atoms. The van der Waals surface area contributed by atoms with Crippen LogP contribution in [-0.4, -0.2) is 29.4 Å². The number of benzene rings is 1. The van der Waals surface area contributed by atoms with Crippen molar-refractivity contribution in [3.63, 3.8) is 0 Å². The molecule has 21 heavy (non-hydrogen) atoms. The van der Waals surface area contributed by atoms with Gasteiger partial charge >= 0.3 is 5.97 Å². The molecule has 1 aromatic rings. The minimum Gasteiger partial charge on any atom is -0.478 e. The molecule has 6 nitrogen and oxygen atoms in total. The Bertz CT molecular complexity index is 540. The number of aryl methyl sites for hydroxylation is 1. The molecule has 6 heteroatoms. The number of hydrogen-bond acceptors (Lipinski definition) is 3. The van der Waals surface area contributed by atoms with E-state index in [0.29, 0.717) is 13.0 Å². The molecule has 1 aromatic carbocycles. The highest BCUT2D eigenvalue weighted by atomic mass is 16.4. The van der Waals surface area contributed by atoms with Crippen LogP contribution in [0.3, 0.4) is 0 Å². The van der Waals surface area contributed by atoms with Gasteiger partial charge in [0.1, 0.15) is 0 Å². The lowest BCUT2D eigenvalue weighted by atomic mass is 10.1. The number of carbonyl (C=O) groups excluding carboxylic acids is 2. The van der Waals surface area contributed by atoms with Crippen molar-refractivity contribution in [3.05, 3.63) is 29.3 Å². The van der Waals surface area contributed by atoms with Gasteiger partial charge in [0.15, 0.2) is 0 Å². The molecule has 0 aliphatic carbocycles. The fourth-order valence-electron chi connectivity index (χ4n) is 1.85. The van der Waals surface area contributed by atoms with Crippen molar-refractivity contribution in [3.8, 4) is 0 Å². The Labute approximate surface area is 123 Å². The van der Waals surface area contributed by atoms with Crippen molar-refractivity contribution in [2.75, 3.05) is 11.9 Å². The van der Waals surface area contributed by atoms with E-state index < -0.39 is 5.97 Å². The van der Waals surface area contributed by atoms with Gasteiger partial charge in [-0.25, -0.2) is 4.79 Å². The normalized spacial score (nSPS) is 10.0. The molecule has 2 amide bonds. The summed E-state index contributed by atoms with van der Waals surface area (Å²) in [6.07, 6.45) is 0.872. The van der Waals surface area contributed by atoms with Crippen molar-refractivity contribution in [2.45, 2.75) is 33.1 Å². The quantitative estimate of drug-likeness (QED) is 0.715. The van der Waals surface area contributed by atoms with Crippen molar-refractivity contribution >= 4 is 23.5 Å². The third-order valence-corrected chi connectivity index (χ3v) is 2.86. The SMILES string of the molecule is CCNC(=O)CCCC(=O)Nc1ccc(C)cc1C(=O)O. The van der Waals surface area contributed by atoms with Crippen LogP contribution in [0.5, 0.6) is 0 Å². The van der Waals surface area contributed by atoms with E-state index >= 15 is 0 Å². The Morgan fingerprint density at radius 1 is 1.14 bits per heavy atom. The summed E-state index contributed by atoms with van der Waals surface area (Å²) in [5.41, 5.74) is 1.14. The standard InChI is InChI=1S/C15H20N2O4/c1-3-16-13(18)5-4-6-14(19)17-12-8-7-10(2)9-11(12)15(20)21/h7-9H,3-6H2,1-2H3,(H,16,18)(H,17,19)(H,20,21). The van der Waals surface area contributed by atoms with Gasteiger partial charge in [-0.05, 0) is 32.4 Å². The van der Waals surface area contributed by atoms with E-state index in [1.807, 2.05) is 6.92 Å². The zero-order valence-electron chi connectivity index (χ0n) is 12.2. The van der Waals surface area contributed by atoms with E-state index in [0.717, 1.165) is 5.56 Å². The molecule has 0 aliphatic heterocycles. The van der Waals surface area contributed by atoms with Crippen LogP contribution in [0, 0.1) is 6.92 Å². The van der Waals surface area contributed by atoms with Crippen LogP contribution in [0.25, 0.3) is 0 Å². The van der Waals surface area contributed by atoms with Crippen LogP contribution >= 0.6 is 0 Å². The van der Waals surface area contributed by atoms with Gasteiger partial charge in [-0.1, -0.05) is 11.6 Å². The maximum Gasteiger partial charge on any atom is 0.337 e. The molecule has 3 N–H and O–H groups in total. The third-order valence-electron chi connectivity index (χ3n) is 2.86. The fourth-order valence-corrected chi connectivity index (χ4v) is 1.85. The first-order valence-corrected chi connectivity index (χ1v) is 6.84. The number of anilines is 1. The first-order chi connectivity index (χ1) is 9.93. The van der Waals surface area contributed by atoms with E-state index in [1.54, 1.807) is 19.1 Å². The molecule has 0 unspecified atom stereocenters. The van der Waals surface area contributed by atoms with Crippen LogP contribution in [0.2, 0.25) is 0 Å². The largest absolute Gasteiger partial charge is 0.478 e. The number of nitrogens with one attached hydrogen (secondary N) is 2. The van der Waals surface area contributed by atoms with E-state index in [-0.39, 0.29) is 35.9 Å². The summed E-state index contributed by atoms with van der Waals surface area (Å²) in [5, 5.41) is 14.3. The molecule has 0 saturated carbocycles. The second-order valence-electron chi connectivity index (χ2n) is 4.71. The van der Waals surface area contributed by atoms with Crippen molar-refractivity contribution in [1.82, 2.24) is 5.32 Å². The van der Waals surface area contributed by atoms with E-state index in [4.69, 9.17) is 5.11 Å². The topological polar surface area (TPSA) is 95.5 Å². The lowest BCUT2D eigenvalue weighted by Crippen LogP contribution is -2.22. The molecule has 0 aromatic heterocycles. The van der Waals surface area contributed by atoms with Crippen LogP contribution < -0.4 is 10.6 Å². The molecule has 0 radical (unpaired) electrons. The molecule has 114 valence electrons. The molecule has 0 bridgehead atoms. The minimum atomic E-state index is -1.09. The third kappa shape index (κ3) is 5.64. The molecule has 0 heterocycles. The number of carboxylic acids is 1. The summed E-state index contributed by atoms with van der Waals surface area (Å²) in [6.45, 7) is 4.18. The van der Waals surface area contributed by atoms with Crippen LogP contribution in [0.15, 0.2) is 18.2 Å². The summed E-state index contributed by atoms with van der Waals surface area (Å²) >= 11 is 0. The van der Waals surface area contributed by atoms with Crippen molar-refractivity contribution in [2.24, 2.45) is 0 Å². The molecular weight excluding hydrogens is 272 g/mol. The van der Waals surface area contributed by atoms with Gasteiger partial charge in [-0.2, -0.15) is 0 Å². The van der Waals surface area contributed by atoms with Crippen LogP contribution in [0.4, 0.5) is 5.69 Å². The smallest absolute Gasteiger partial charge is 0.337 e. The Balaban J connectivity index is 2.55. The van der Waals surface area contributed by atoms with E-state index in [2.05, 4.69) is 10.6 Å². The fraction of sp³-hybridized carbons (Fsp3) is 0.400. The first kappa shape index (κ1) is 16.7. The molecule has 0 saturated heterocycles. The summed E-state index contributed by atoms with van der Waals surface area (Å²) < 4.78 is 0. The molecular formula is C15H20N2O4. The van der Waals surface area contributed by atoms with Gasteiger partial charge < -0.3 is 15.7 Å². The first-order valence-electron chi connectivity index (χ1n) is 6.84. The molecule has 1 rings (SSSR count). The van der Waals surface area contributed by atoms with Gasteiger partial charge in [0.05, 0.1) is 11.3 Å². The number of aromatic carboxylic acids is 1. The van der Waals surface area contributed by atoms with E-state index in [1.165, 1.54) is 6.07 Å². The van der Waals surface area contributed by atoms with Gasteiger partial charge in [0, 0.05) is 19.4 Å². The molecule has 0 fully saturated rings. The Hall–Kier alpha value is -2.37. The van der Waals surface area contributed by atoms with Crippen molar-refractivity contribution < 1.29 is 19.5 Å². The highest BCUT2D eigenvalue weighted by Gasteiger charge is 2.12. The minimum absolute atomic E-state index is 0.0621. The van der Waals surface area contributed by atoms with E-state index in [9.17, 15) is 14.4 Å². The maximum atomic E-state index is 11.8. The predicted molar refractivity (Wildman–Crippen MR) is 79.3 cm³/mol. The highest BCUT2D eigenvalue weighted by Crippen LogP contribution is 2.18. The summed E-state index contributed by atoms with van der Waals surface area (Å²) in [5.74, 6) is -1.48. The number of carbonyl (C=O) groups is 3. The average Bonchev–Trinajstić information content (AvgIpc) is 2.41. The van der Waals surface area contributed by atoms with Gasteiger partial charge in [0.2, 0.25) is 11.8 Å². The summed E-state index contributed by atoms with van der Waals surface area (Å²) in [7, 11) is 0. The number of hydrogen-bond donors (Lipinski definition) is 3. The zero-order chi connectivity index (χ0) is 15.8. The lowest BCUT2D eigenvalue weighted by molar-refractivity contribution is -0.121. The number of carboxylic acid groups (broad SMARTS) is 1. The number of amides is 2. The van der Waals surface area contributed by atoms with Gasteiger partial charge in [-0.3, -0.25) is 9.59 Å². The molecule has 0 atom stereocenters. The summed E-state index contributed by atoms with van der Waals surface area (Å²) in [4.78, 5) is 34.1. The predicted octanol–water partition coefficient (Wildman–Crippen LogP) is 1.94. The monoisotopic (exact) mass is 292 g/mol. The van der Waals surface area contributed by atoms with Gasteiger partial charge in [0.25, 0.3) is 0 Å². The van der Waals surface area contributed by atoms with Gasteiger partial charge in [-0.15, -0.1) is 0 Å². The lowest BCUT2D eigenvalue weighted by Gasteiger charge is -2.09. The zero-order valence-corrected chi connectivity index (χ0v) is 12.2. The highest BCUT2D eigenvalue weighted by molar-refractivity contribution is 6.00. The van der Waals surface area contributed by atoms with Crippen LogP contribution in [0.1, 0.15) is 42.1 Å². The Kier molecular flexibility index (Phi) is 6.39. The Morgan fingerprint density at radius 3 is 2.43 bits per heavy atom. The summed E-state index contributed by atoms with van der Waals surface area (Å²) in [6, 6.07) is 4.81. The van der Waals surface area contributed by atoms with Crippen molar-refractivity contribution in [1.29, 1.82) is 0 Å². The van der Waals surface area contributed by atoms with Crippen LogP contribution in [-0.2, 0) is 9.59 Å². The average molecular weight is 292 g/mol. The Morgan fingerprint density at radius 2 is 1.81 bits per heavy atom. The second-order valence-corrected chi connectivity index (χ2v) is 4.71. The second kappa shape index (κ2) is 8.04.